The van der Waals surface area contributed by atoms with Crippen molar-refractivity contribution >= 4 is 6.09 Å². The summed E-state index contributed by atoms with van der Waals surface area (Å²) in [4.78, 5) is 14.3. The van der Waals surface area contributed by atoms with Gasteiger partial charge in [0.15, 0.2) is 0 Å². The molecule has 0 spiro atoms. The molecule has 1 aliphatic carbocycles. The SMILES string of the molecule is CCOC(=O)N1CCC[C@@H]2[C@H]1Cc1ccccc1C2(C)C. The maximum absolute atomic E-state index is 12.3. The number of piperidine rings is 1. The van der Waals surface area contributed by atoms with Crippen LogP contribution < -0.4 is 0 Å². The Hall–Kier alpha value is -1.51. The average Bonchev–Trinajstić information content (AvgIpc) is 2.47. The minimum Gasteiger partial charge on any atom is -0.450 e. The van der Waals surface area contributed by atoms with Gasteiger partial charge >= 0.3 is 6.09 Å². The van der Waals surface area contributed by atoms with Gasteiger partial charge in [-0.2, -0.15) is 0 Å². The number of hydrogen-bond acceptors (Lipinski definition) is 2. The van der Waals surface area contributed by atoms with E-state index in [9.17, 15) is 4.79 Å². The zero-order valence-corrected chi connectivity index (χ0v) is 13.3. The van der Waals surface area contributed by atoms with E-state index >= 15 is 0 Å². The van der Waals surface area contributed by atoms with Crippen molar-refractivity contribution in [3.8, 4) is 0 Å². The molecule has 1 heterocycles. The van der Waals surface area contributed by atoms with Crippen LogP contribution in [0.25, 0.3) is 0 Å². The van der Waals surface area contributed by atoms with Crippen molar-refractivity contribution in [2.24, 2.45) is 5.92 Å². The predicted octanol–water partition coefficient (Wildman–Crippen LogP) is 3.76. The molecular formula is C18H25NO2. The standard InChI is InChI=1S/C18H25NO2/c1-4-21-17(20)19-11-7-10-15-16(19)12-13-8-5-6-9-14(13)18(15,2)3/h5-6,8-9,15-16H,4,7,10-12H2,1-3H3/t15-,16-/m1/s1. The Kier molecular flexibility index (Phi) is 3.68. The minimum atomic E-state index is -0.137. The van der Waals surface area contributed by atoms with Crippen molar-refractivity contribution in [2.45, 2.75) is 51.5 Å². The summed E-state index contributed by atoms with van der Waals surface area (Å²) in [5.74, 6) is 0.519. The maximum atomic E-state index is 12.3. The molecule has 1 aliphatic heterocycles. The fourth-order valence-electron chi connectivity index (χ4n) is 4.34. The van der Waals surface area contributed by atoms with E-state index in [0.29, 0.717) is 12.5 Å². The third kappa shape index (κ3) is 2.33. The minimum absolute atomic E-state index is 0.116. The van der Waals surface area contributed by atoms with Gasteiger partial charge in [-0.15, -0.1) is 0 Å². The highest BCUT2D eigenvalue weighted by atomic mass is 16.6. The zero-order valence-electron chi connectivity index (χ0n) is 13.3. The van der Waals surface area contributed by atoms with E-state index < -0.39 is 0 Å². The Balaban J connectivity index is 1.97. The molecule has 1 saturated heterocycles. The van der Waals surface area contributed by atoms with E-state index in [4.69, 9.17) is 4.74 Å². The number of nitrogens with zero attached hydrogens (tertiary/aromatic N) is 1. The molecular weight excluding hydrogens is 262 g/mol. The first-order valence-electron chi connectivity index (χ1n) is 8.07. The van der Waals surface area contributed by atoms with Gasteiger partial charge in [0.2, 0.25) is 0 Å². The lowest BCUT2D eigenvalue weighted by Crippen LogP contribution is -2.56. The maximum Gasteiger partial charge on any atom is 0.410 e. The van der Waals surface area contributed by atoms with E-state index in [1.54, 1.807) is 0 Å². The lowest BCUT2D eigenvalue weighted by atomic mass is 9.60. The number of likely N-dealkylation sites (tertiary alicyclic amines) is 1. The number of ether oxygens (including phenoxy) is 1. The number of fused-ring (bicyclic) bond motifs is 2. The first-order valence-corrected chi connectivity index (χ1v) is 8.07. The first kappa shape index (κ1) is 14.4. The molecule has 1 aromatic rings. The lowest BCUT2D eigenvalue weighted by molar-refractivity contribution is 0.0301. The summed E-state index contributed by atoms with van der Waals surface area (Å²) in [5, 5.41) is 0. The van der Waals surface area contributed by atoms with Crippen molar-refractivity contribution in [3.63, 3.8) is 0 Å². The Bertz CT molecular complexity index is 538. The van der Waals surface area contributed by atoms with Gasteiger partial charge in [-0.25, -0.2) is 4.79 Å². The smallest absolute Gasteiger partial charge is 0.410 e. The predicted molar refractivity (Wildman–Crippen MR) is 83.4 cm³/mol. The van der Waals surface area contributed by atoms with Crippen LogP contribution in [0.5, 0.6) is 0 Å². The van der Waals surface area contributed by atoms with Crippen LogP contribution in [0.1, 0.15) is 44.7 Å². The number of carbonyl (C=O) groups is 1. The van der Waals surface area contributed by atoms with Crippen molar-refractivity contribution in [1.29, 1.82) is 0 Å². The van der Waals surface area contributed by atoms with Gasteiger partial charge in [0, 0.05) is 12.6 Å². The second-order valence-electron chi connectivity index (χ2n) is 6.79. The van der Waals surface area contributed by atoms with Crippen molar-refractivity contribution in [3.05, 3.63) is 35.4 Å². The number of rotatable bonds is 1. The van der Waals surface area contributed by atoms with E-state index in [1.807, 2.05) is 11.8 Å². The second kappa shape index (κ2) is 5.36. The number of amides is 1. The van der Waals surface area contributed by atoms with Crippen LogP contribution in [0.2, 0.25) is 0 Å². The molecule has 21 heavy (non-hydrogen) atoms. The quantitative estimate of drug-likeness (QED) is 0.787. The van der Waals surface area contributed by atoms with E-state index in [-0.39, 0.29) is 17.6 Å². The molecule has 3 nitrogen and oxygen atoms in total. The second-order valence-corrected chi connectivity index (χ2v) is 6.79. The van der Waals surface area contributed by atoms with Crippen molar-refractivity contribution < 1.29 is 9.53 Å². The molecule has 0 unspecified atom stereocenters. The van der Waals surface area contributed by atoms with Gasteiger partial charge in [-0.05, 0) is 48.6 Å². The molecule has 2 aliphatic rings. The van der Waals surface area contributed by atoms with Gasteiger partial charge in [-0.3, -0.25) is 0 Å². The van der Waals surface area contributed by atoms with Crippen LogP contribution in [-0.4, -0.2) is 30.2 Å². The summed E-state index contributed by atoms with van der Waals surface area (Å²) >= 11 is 0. The van der Waals surface area contributed by atoms with Crippen LogP contribution in [0.3, 0.4) is 0 Å². The fraction of sp³-hybridized carbons (Fsp3) is 0.611. The van der Waals surface area contributed by atoms with Gasteiger partial charge in [-0.1, -0.05) is 38.1 Å². The van der Waals surface area contributed by atoms with E-state index in [2.05, 4.69) is 38.1 Å². The van der Waals surface area contributed by atoms with Gasteiger partial charge in [0.1, 0.15) is 0 Å². The van der Waals surface area contributed by atoms with Crippen molar-refractivity contribution in [2.75, 3.05) is 13.2 Å². The third-order valence-corrected chi connectivity index (χ3v) is 5.35. The Labute approximate surface area is 127 Å². The Morgan fingerprint density at radius 3 is 2.90 bits per heavy atom. The number of hydrogen-bond donors (Lipinski definition) is 0. The van der Waals surface area contributed by atoms with Gasteiger partial charge in [0.05, 0.1) is 6.61 Å². The molecule has 3 rings (SSSR count). The first-order chi connectivity index (χ1) is 10.1. The number of carbonyl (C=O) groups excluding carboxylic acids is 1. The van der Waals surface area contributed by atoms with E-state index in [0.717, 1.165) is 19.4 Å². The number of benzene rings is 1. The molecule has 0 bridgehead atoms. The molecule has 0 radical (unpaired) electrons. The molecule has 0 aromatic heterocycles. The highest BCUT2D eigenvalue weighted by molar-refractivity contribution is 5.68. The Morgan fingerprint density at radius 1 is 1.38 bits per heavy atom. The summed E-state index contributed by atoms with van der Waals surface area (Å²) in [6.45, 7) is 7.82. The lowest BCUT2D eigenvalue weighted by Gasteiger charge is -2.51. The summed E-state index contributed by atoms with van der Waals surface area (Å²) in [7, 11) is 0. The van der Waals surface area contributed by atoms with Crippen LogP contribution in [0, 0.1) is 5.92 Å². The third-order valence-electron chi connectivity index (χ3n) is 5.35. The molecule has 114 valence electrons. The van der Waals surface area contributed by atoms with E-state index in [1.165, 1.54) is 17.5 Å². The summed E-state index contributed by atoms with van der Waals surface area (Å²) in [5.41, 5.74) is 2.96. The molecule has 1 aromatic carbocycles. The molecule has 1 fully saturated rings. The van der Waals surface area contributed by atoms with Crippen LogP contribution in [-0.2, 0) is 16.6 Å². The summed E-state index contributed by atoms with van der Waals surface area (Å²) in [6.07, 6.45) is 3.10. The van der Waals surface area contributed by atoms with Crippen LogP contribution >= 0.6 is 0 Å². The molecule has 0 N–H and O–H groups in total. The van der Waals surface area contributed by atoms with Gasteiger partial charge in [0.25, 0.3) is 0 Å². The highest BCUT2D eigenvalue weighted by Crippen LogP contribution is 2.46. The molecule has 2 atom stereocenters. The van der Waals surface area contributed by atoms with Crippen LogP contribution in [0.4, 0.5) is 4.79 Å². The Morgan fingerprint density at radius 2 is 2.14 bits per heavy atom. The summed E-state index contributed by atoms with van der Waals surface area (Å²) < 4.78 is 5.27. The van der Waals surface area contributed by atoms with Gasteiger partial charge < -0.3 is 9.64 Å². The highest BCUT2D eigenvalue weighted by Gasteiger charge is 2.47. The zero-order chi connectivity index (χ0) is 15.0. The van der Waals surface area contributed by atoms with Crippen LogP contribution in [0.15, 0.2) is 24.3 Å². The normalized spacial score (nSPS) is 26.7. The molecule has 0 saturated carbocycles. The van der Waals surface area contributed by atoms with Crippen molar-refractivity contribution in [1.82, 2.24) is 4.90 Å². The average molecular weight is 287 g/mol. The topological polar surface area (TPSA) is 29.5 Å². The fourth-order valence-corrected chi connectivity index (χ4v) is 4.34. The summed E-state index contributed by atoms with van der Waals surface area (Å²) in [6, 6.07) is 8.99. The molecule has 3 heteroatoms. The molecule has 1 amide bonds. The largest absolute Gasteiger partial charge is 0.450 e. The monoisotopic (exact) mass is 287 g/mol.